The van der Waals surface area contributed by atoms with E-state index in [4.69, 9.17) is 4.74 Å². The van der Waals surface area contributed by atoms with Gasteiger partial charge in [-0.1, -0.05) is 26.0 Å². The molecule has 1 fully saturated rings. The van der Waals surface area contributed by atoms with Gasteiger partial charge in [0.2, 0.25) is 0 Å². The van der Waals surface area contributed by atoms with Gasteiger partial charge in [-0.25, -0.2) is 9.97 Å². The Labute approximate surface area is 205 Å². The second-order valence-corrected chi connectivity index (χ2v) is 9.20. The van der Waals surface area contributed by atoms with E-state index < -0.39 is 18.1 Å². The minimum atomic E-state index is -4.46. The Morgan fingerprint density at radius 3 is 2.47 bits per heavy atom. The molecule has 0 aliphatic carbocycles. The molecule has 0 unspecified atom stereocenters. The summed E-state index contributed by atoms with van der Waals surface area (Å²) in [5, 5.41) is 3.88. The number of morpholine rings is 1. The number of hydrogen-bond donors (Lipinski definition) is 2. The van der Waals surface area contributed by atoms with E-state index in [9.17, 15) is 18.0 Å². The standard InChI is InChI=1S/C26H26F3N5O2/c1-15(2)23(26(27,28)29)33-24-18-5-3-16(13-19(18)22-20(32-24)7-8-30-25(22)35)17-4-6-21(31-14-17)34-9-11-36-12-10-34/h3-8,13-15,23H,9-12H2,1-2H3,(H,30,35)(H,32,33)/t23-/m1/s1. The van der Waals surface area contributed by atoms with Crippen molar-refractivity contribution in [1.29, 1.82) is 0 Å². The van der Waals surface area contributed by atoms with Crippen molar-refractivity contribution in [3.63, 3.8) is 0 Å². The molecule has 0 saturated carbocycles. The fourth-order valence-corrected chi connectivity index (χ4v) is 4.56. The molecule has 188 valence electrons. The Morgan fingerprint density at radius 1 is 1.06 bits per heavy atom. The number of nitrogens with zero attached hydrogens (tertiary/aromatic N) is 3. The number of ether oxygens (including phenoxy) is 1. The maximum atomic E-state index is 13.7. The van der Waals surface area contributed by atoms with Gasteiger partial charge in [-0.2, -0.15) is 13.2 Å². The van der Waals surface area contributed by atoms with E-state index in [-0.39, 0.29) is 11.4 Å². The van der Waals surface area contributed by atoms with E-state index in [0.29, 0.717) is 34.9 Å². The highest BCUT2D eigenvalue weighted by Gasteiger charge is 2.42. The van der Waals surface area contributed by atoms with E-state index in [1.165, 1.54) is 20.0 Å². The van der Waals surface area contributed by atoms with Gasteiger partial charge in [-0.05, 0) is 35.7 Å². The third-order valence-corrected chi connectivity index (χ3v) is 6.44. The summed E-state index contributed by atoms with van der Waals surface area (Å²) in [6, 6.07) is 9.00. The van der Waals surface area contributed by atoms with Gasteiger partial charge in [-0.3, -0.25) is 4.79 Å². The van der Waals surface area contributed by atoms with Crippen molar-refractivity contribution >= 4 is 33.3 Å². The highest BCUT2D eigenvalue weighted by atomic mass is 19.4. The first-order valence-electron chi connectivity index (χ1n) is 11.8. The van der Waals surface area contributed by atoms with Crippen LogP contribution in [-0.4, -0.2) is 53.5 Å². The number of aromatic amines is 1. The van der Waals surface area contributed by atoms with Gasteiger partial charge < -0.3 is 19.9 Å². The second-order valence-electron chi connectivity index (χ2n) is 9.20. The van der Waals surface area contributed by atoms with Gasteiger partial charge >= 0.3 is 6.18 Å². The number of fused-ring (bicyclic) bond motifs is 3. The summed E-state index contributed by atoms with van der Waals surface area (Å²) < 4.78 is 46.6. The molecule has 4 aromatic rings. The van der Waals surface area contributed by atoms with Crippen molar-refractivity contribution in [3.8, 4) is 11.1 Å². The molecule has 0 amide bonds. The number of halogens is 3. The molecule has 2 N–H and O–H groups in total. The molecule has 5 rings (SSSR count). The molecule has 1 aliphatic heterocycles. The van der Waals surface area contributed by atoms with Crippen molar-refractivity contribution in [1.82, 2.24) is 15.0 Å². The Morgan fingerprint density at radius 2 is 1.81 bits per heavy atom. The first-order chi connectivity index (χ1) is 17.2. The molecule has 4 heterocycles. The summed E-state index contributed by atoms with van der Waals surface area (Å²) >= 11 is 0. The highest BCUT2D eigenvalue weighted by molar-refractivity contribution is 6.11. The molecular formula is C26H26F3N5O2. The van der Waals surface area contributed by atoms with Gasteiger partial charge in [0.25, 0.3) is 5.56 Å². The third kappa shape index (κ3) is 4.60. The van der Waals surface area contributed by atoms with Crippen molar-refractivity contribution in [2.45, 2.75) is 26.1 Å². The average Bonchev–Trinajstić information content (AvgIpc) is 2.86. The van der Waals surface area contributed by atoms with Crippen LogP contribution in [-0.2, 0) is 4.74 Å². The van der Waals surface area contributed by atoms with E-state index in [1.54, 1.807) is 18.3 Å². The highest BCUT2D eigenvalue weighted by Crippen LogP contribution is 2.35. The maximum Gasteiger partial charge on any atom is 0.408 e. The van der Waals surface area contributed by atoms with Crippen LogP contribution in [0.1, 0.15) is 13.8 Å². The molecule has 10 heteroatoms. The number of pyridine rings is 3. The molecular weight excluding hydrogens is 471 g/mol. The number of nitrogens with one attached hydrogen (secondary N) is 2. The van der Waals surface area contributed by atoms with Crippen LogP contribution in [0, 0.1) is 5.92 Å². The van der Waals surface area contributed by atoms with Crippen LogP contribution in [0.4, 0.5) is 24.8 Å². The molecule has 0 bridgehead atoms. The van der Waals surface area contributed by atoms with E-state index in [1.807, 2.05) is 24.3 Å². The first-order valence-corrected chi connectivity index (χ1v) is 11.8. The van der Waals surface area contributed by atoms with Gasteiger partial charge in [0.05, 0.1) is 24.1 Å². The third-order valence-electron chi connectivity index (χ3n) is 6.44. The van der Waals surface area contributed by atoms with E-state index >= 15 is 0 Å². The fourth-order valence-electron chi connectivity index (χ4n) is 4.56. The Hall–Kier alpha value is -3.66. The summed E-state index contributed by atoms with van der Waals surface area (Å²) in [5.41, 5.74) is 1.58. The van der Waals surface area contributed by atoms with Gasteiger partial charge in [0, 0.05) is 41.8 Å². The Kier molecular flexibility index (Phi) is 6.29. The lowest BCUT2D eigenvalue weighted by Crippen LogP contribution is -2.40. The van der Waals surface area contributed by atoms with E-state index in [0.717, 1.165) is 30.0 Å². The quantitative estimate of drug-likeness (QED) is 0.379. The van der Waals surface area contributed by atoms with Crippen LogP contribution < -0.4 is 15.8 Å². The van der Waals surface area contributed by atoms with Crippen LogP contribution >= 0.6 is 0 Å². The number of H-pyrrole nitrogens is 1. The minimum absolute atomic E-state index is 0.0893. The smallest absolute Gasteiger partial charge is 0.378 e. The average molecular weight is 498 g/mol. The molecule has 1 aromatic carbocycles. The van der Waals surface area contributed by atoms with Gasteiger partial charge in [0.1, 0.15) is 17.7 Å². The first kappa shape index (κ1) is 24.1. The van der Waals surface area contributed by atoms with Crippen molar-refractivity contribution < 1.29 is 17.9 Å². The summed E-state index contributed by atoms with van der Waals surface area (Å²) in [6.45, 7) is 5.87. The number of aromatic nitrogens is 3. The predicted octanol–water partition coefficient (Wildman–Crippen LogP) is 4.97. The van der Waals surface area contributed by atoms with Crippen LogP contribution in [0.25, 0.3) is 32.8 Å². The largest absolute Gasteiger partial charge is 0.408 e. The van der Waals surface area contributed by atoms with Gasteiger partial charge in [-0.15, -0.1) is 0 Å². The molecule has 7 nitrogen and oxygen atoms in total. The maximum absolute atomic E-state index is 13.7. The lowest BCUT2D eigenvalue weighted by atomic mass is 9.99. The number of alkyl halides is 3. The minimum Gasteiger partial charge on any atom is -0.378 e. The SMILES string of the molecule is CC(C)[C@@H](Nc1nc2cc[nH]c(=O)c2c2cc(-c3ccc(N4CCOCC4)nc3)ccc12)C(F)(F)F. The zero-order valence-electron chi connectivity index (χ0n) is 19.9. The lowest BCUT2D eigenvalue weighted by molar-refractivity contribution is -0.150. The van der Waals surface area contributed by atoms with Gasteiger partial charge in [0.15, 0.2) is 0 Å². The number of rotatable bonds is 5. The van der Waals surface area contributed by atoms with Crippen LogP contribution in [0.3, 0.4) is 0 Å². The molecule has 3 aromatic heterocycles. The number of benzene rings is 1. The number of hydrogen-bond acceptors (Lipinski definition) is 6. The Bertz CT molecular complexity index is 1440. The number of anilines is 2. The second kappa shape index (κ2) is 9.42. The summed E-state index contributed by atoms with van der Waals surface area (Å²) in [7, 11) is 0. The van der Waals surface area contributed by atoms with Crippen molar-refractivity contribution in [3.05, 3.63) is 59.1 Å². The molecule has 0 radical (unpaired) electrons. The summed E-state index contributed by atoms with van der Waals surface area (Å²) in [6.07, 6.45) is -1.26. The molecule has 0 spiro atoms. The van der Waals surface area contributed by atoms with Crippen LogP contribution in [0.15, 0.2) is 53.6 Å². The zero-order chi connectivity index (χ0) is 25.4. The summed E-state index contributed by atoms with van der Waals surface area (Å²) in [4.78, 5) is 26.5. The van der Waals surface area contributed by atoms with Crippen molar-refractivity contribution in [2.75, 3.05) is 36.5 Å². The van der Waals surface area contributed by atoms with Crippen molar-refractivity contribution in [2.24, 2.45) is 5.92 Å². The lowest BCUT2D eigenvalue weighted by Gasteiger charge is -2.27. The molecule has 1 aliphatic rings. The van der Waals surface area contributed by atoms with Crippen LogP contribution in [0.5, 0.6) is 0 Å². The fraction of sp³-hybridized carbons (Fsp3) is 0.346. The normalized spacial score (nSPS) is 15.6. The molecule has 36 heavy (non-hydrogen) atoms. The molecule has 1 atom stereocenters. The zero-order valence-corrected chi connectivity index (χ0v) is 19.9. The Balaban J connectivity index is 1.61. The predicted molar refractivity (Wildman–Crippen MR) is 134 cm³/mol. The topological polar surface area (TPSA) is 83.1 Å². The van der Waals surface area contributed by atoms with E-state index in [2.05, 4.69) is 25.2 Å². The van der Waals surface area contributed by atoms with Crippen LogP contribution in [0.2, 0.25) is 0 Å². The monoisotopic (exact) mass is 497 g/mol. The summed E-state index contributed by atoms with van der Waals surface area (Å²) in [5.74, 6) is 0.228. The molecule has 1 saturated heterocycles.